The molecule has 1 fully saturated rings. The van der Waals surface area contributed by atoms with E-state index in [4.69, 9.17) is 4.74 Å². The summed E-state index contributed by atoms with van der Waals surface area (Å²) in [4.78, 5) is 2.25. The predicted octanol–water partition coefficient (Wildman–Crippen LogP) is 3.46. The van der Waals surface area contributed by atoms with E-state index in [1.807, 2.05) is 0 Å². The molecule has 0 aliphatic heterocycles. The smallest absolute Gasteiger partial charge is 0.119 e. The van der Waals surface area contributed by atoms with Gasteiger partial charge >= 0.3 is 0 Å². The van der Waals surface area contributed by atoms with Gasteiger partial charge in [0.25, 0.3) is 0 Å². The lowest BCUT2D eigenvalue weighted by Crippen LogP contribution is -2.30. The zero-order chi connectivity index (χ0) is 17.1. The number of rotatable bonds is 6. The van der Waals surface area contributed by atoms with E-state index < -0.39 is 0 Å². The van der Waals surface area contributed by atoms with Crippen molar-refractivity contribution in [2.45, 2.75) is 44.2 Å². The van der Waals surface area contributed by atoms with Gasteiger partial charge in [0.2, 0.25) is 0 Å². The van der Waals surface area contributed by atoms with Gasteiger partial charge in [-0.05, 0) is 77.0 Å². The van der Waals surface area contributed by atoms with Crippen LogP contribution in [0.4, 0.5) is 0 Å². The van der Waals surface area contributed by atoms with Crippen LogP contribution in [-0.2, 0) is 6.42 Å². The van der Waals surface area contributed by atoms with Crippen LogP contribution in [0.15, 0.2) is 24.4 Å². The number of aromatic nitrogens is 1. The van der Waals surface area contributed by atoms with Crippen molar-refractivity contribution in [2.75, 3.05) is 34.8 Å². The molecule has 4 heteroatoms. The first-order chi connectivity index (χ1) is 11.6. The van der Waals surface area contributed by atoms with Crippen molar-refractivity contribution in [3.05, 3.63) is 30.0 Å². The molecule has 0 atom stereocenters. The largest absolute Gasteiger partial charge is 0.497 e. The van der Waals surface area contributed by atoms with Gasteiger partial charge in [-0.25, -0.2) is 0 Å². The minimum Gasteiger partial charge on any atom is -0.497 e. The summed E-state index contributed by atoms with van der Waals surface area (Å²) < 4.78 is 7.99. The van der Waals surface area contributed by atoms with Gasteiger partial charge in [0, 0.05) is 35.7 Å². The molecule has 0 unspecified atom stereocenters. The fraction of sp³-hybridized carbons (Fsp3) is 0.600. The molecule has 1 N–H and O–H groups in total. The lowest BCUT2D eigenvalue weighted by atomic mass is 9.91. The second-order valence-electron chi connectivity index (χ2n) is 7.29. The molecule has 132 valence electrons. The third-order valence-corrected chi connectivity index (χ3v) is 5.45. The Morgan fingerprint density at radius 1 is 1.21 bits per heavy atom. The SMILES string of the molecule is CNC1CCC(n2cc(CCN(C)C)c3cc(OC)ccc32)CC1. The molecule has 0 spiro atoms. The average Bonchev–Trinajstić information content (AvgIpc) is 2.97. The van der Waals surface area contributed by atoms with Crippen molar-refractivity contribution < 1.29 is 4.74 Å². The highest BCUT2D eigenvalue weighted by Gasteiger charge is 2.23. The van der Waals surface area contributed by atoms with Gasteiger partial charge < -0.3 is 19.5 Å². The summed E-state index contributed by atoms with van der Waals surface area (Å²) in [6, 6.07) is 7.84. The molecule has 1 aromatic carbocycles. The van der Waals surface area contributed by atoms with Crippen molar-refractivity contribution >= 4 is 10.9 Å². The van der Waals surface area contributed by atoms with E-state index in [1.54, 1.807) is 7.11 Å². The van der Waals surface area contributed by atoms with Crippen molar-refractivity contribution in [1.82, 2.24) is 14.8 Å². The predicted molar refractivity (Wildman–Crippen MR) is 101 cm³/mol. The summed E-state index contributed by atoms with van der Waals surface area (Å²) in [6.07, 6.45) is 8.53. The Hall–Kier alpha value is -1.52. The lowest BCUT2D eigenvalue weighted by molar-refractivity contribution is 0.305. The van der Waals surface area contributed by atoms with Crippen molar-refractivity contribution in [3.8, 4) is 5.75 Å². The number of ether oxygens (including phenoxy) is 1. The van der Waals surface area contributed by atoms with Crippen LogP contribution in [0.3, 0.4) is 0 Å². The Labute approximate surface area is 145 Å². The Morgan fingerprint density at radius 3 is 2.58 bits per heavy atom. The molecular formula is C20H31N3O. The van der Waals surface area contributed by atoms with E-state index >= 15 is 0 Å². The summed E-state index contributed by atoms with van der Waals surface area (Å²) >= 11 is 0. The van der Waals surface area contributed by atoms with Crippen LogP contribution in [0.2, 0.25) is 0 Å². The number of methoxy groups -OCH3 is 1. The lowest BCUT2D eigenvalue weighted by Gasteiger charge is -2.29. The Kier molecular flexibility index (Phi) is 5.47. The number of likely N-dealkylation sites (N-methyl/N-ethyl adjacent to an activating group) is 1. The third kappa shape index (κ3) is 3.60. The minimum atomic E-state index is 0.624. The fourth-order valence-corrected chi connectivity index (χ4v) is 3.92. The zero-order valence-corrected chi connectivity index (χ0v) is 15.5. The summed E-state index contributed by atoms with van der Waals surface area (Å²) in [5.74, 6) is 0.949. The molecule has 0 bridgehead atoms. The monoisotopic (exact) mass is 329 g/mol. The van der Waals surface area contributed by atoms with Gasteiger partial charge in [-0.1, -0.05) is 0 Å². The van der Waals surface area contributed by atoms with Crippen molar-refractivity contribution in [2.24, 2.45) is 0 Å². The van der Waals surface area contributed by atoms with Gasteiger partial charge in [-0.2, -0.15) is 0 Å². The zero-order valence-electron chi connectivity index (χ0n) is 15.5. The van der Waals surface area contributed by atoms with Gasteiger partial charge in [-0.15, -0.1) is 0 Å². The molecule has 1 heterocycles. The number of fused-ring (bicyclic) bond motifs is 1. The molecule has 1 saturated carbocycles. The molecular weight excluding hydrogens is 298 g/mol. The Balaban J connectivity index is 1.92. The standard InChI is InChI=1S/C20H31N3O/c1-21-16-5-7-17(8-6-16)23-14-15(11-12-22(2)3)19-13-18(24-4)9-10-20(19)23/h9-10,13-14,16-17,21H,5-8,11-12H2,1-4H3. The van der Waals surface area contributed by atoms with Gasteiger partial charge in [-0.3, -0.25) is 0 Å². The van der Waals surface area contributed by atoms with Crippen LogP contribution in [0.25, 0.3) is 10.9 Å². The molecule has 3 rings (SSSR count). The highest BCUT2D eigenvalue weighted by Crippen LogP contribution is 2.35. The molecule has 2 aromatic rings. The summed E-state index contributed by atoms with van der Waals surface area (Å²) in [6.45, 7) is 1.07. The highest BCUT2D eigenvalue weighted by molar-refractivity contribution is 5.85. The fourth-order valence-electron chi connectivity index (χ4n) is 3.92. The van der Waals surface area contributed by atoms with Crippen LogP contribution >= 0.6 is 0 Å². The normalized spacial score (nSPS) is 21.5. The van der Waals surface area contributed by atoms with E-state index in [9.17, 15) is 0 Å². The maximum absolute atomic E-state index is 5.46. The first-order valence-corrected chi connectivity index (χ1v) is 9.11. The quantitative estimate of drug-likeness (QED) is 0.880. The minimum absolute atomic E-state index is 0.624. The van der Waals surface area contributed by atoms with E-state index in [0.717, 1.165) is 18.7 Å². The van der Waals surface area contributed by atoms with E-state index in [1.165, 1.54) is 42.1 Å². The van der Waals surface area contributed by atoms with Gasteiger partial charge in [0.1, 0.15) is 5.75 Å². The van der Waals surface area contributed by atoms with Crippen LogP contribution in [0.5, 0.6) is 5.75 Å². The summed E-state index contributed by atoms with van der Waals surface area (Å²) in [5, 5.41) is 4.79. The van der Waals surface area contributed by atoms with Crippen LogP contribution in [0.1, 0.15) is 37.3 Å². The summed E-state index contributed by atoms with van der Waals surface area (Å²) in [5.41, 5.74) is 2.80. The average molecular weight is 329 g/mol. The van der Waals surface area contributed by atoms with E-state index in [-0.39, 0.29) is 0 Å². The molecule has 0 saturated heterocycles. The van der Waals surface area contributed by atoms with Crippen LogP contribution < -0.4 is 10.1 Å². The topological polar surface area (TPSA) is 29.4 Å². The van der Waals surface area contributed by atoms with E-state index in [0.29, 0.717) is 12.1 Å². The van der Waals surface area contributed by atoms with Crippen LogP contribution in [0, 0.1) is 0 Å². The maximum atomic E-state index is 5.46. The molecule has 0 amide bonds. The summed E-state index contributed by atoms with van der Waals surface area (Å²) in [7, 11) is 8.11. The molecule has 4 nitrogen and oxygen atoms in total. The first kappa shape index (κ1) is 17.3. The maximum Gasteiger partial charge on any atom is 0.119 e. The molecule has 1 aliphatic carbocycles. The second-order valence-corrected chi connectivity index (χ2v) is 7.29. The van der Waals surface area contributed by atoms with E-state index in [2.05, 4.69) is 60.3 Å². The molecule has 24 heavy (non-hydrogen) atoms. The number of nitrogens with one attached hydrogen (secondary N) is 1. The van der Waals surface area contributed by atoms with Crippen molar-refractivity contribution in [3.63, 3.8) is 0 Å². The number of hydrogen-bond acceptors (Lipinski definition) is 3. The van der Waals surface area contributed by atoms with Crippen molar-refractivity contribution in [1.29, 1.82) is 0 Å². The molecule has 0 radical (unpaired) electrons. The third-order valence-electron chi connectivity index (χ3n) is 5.45. The highest BCUT2D eigenvalue weighted by atomic mass is 16.5. The van der Waals surface area contributed by atoms with Gasteiger partial charge in [0.05, 0.1) is 7.11 Å². The second kappa shape index (κ2) is 7.58. The number of hydrogen-bond donors (Lipinski definition) is 1. The molecule has 1 aliphatic rings. The Morgan fingerprint density at radius 2 is 1.96 bits per heavy atom. The number of benzene rings is 1. The Bertz CT molecular complexity index is 669. The van der Waals surface area contributed by atoms with Crippen LogP contribution in [-0.4, -0.2) is 50.3 Å². The number of nitrogens with zero attached hydrogens (tertiary/aromatic N) is 2. The molecule has 1 aromatic heterocycles. The first-order valence-electron chi connectivity index (χ1n) is 9.11. The van der Waals surface area contributed by atoms with Gasteiger partial charge in [0.15, 0.2) is 0 Å².